The molecule has 1 aromatic carbocycles. The number of aliphatic imine (C=N–C) groups is 1. The van der Waals surface area contributed by atoms with Crippen LogP contribution in [-0.4, -0.2) is 32.0 Å². The quantitative estimate of drug-likeness (QED) is 0.252. The average molecular weight is 470 g/mol. The molecular formula is C19H27IN4O2. The monoisotopic (exact) mass is 470 g/mol. The molecule has 3 N–H and O–H groups in total. The molecule has 0 fully saturated rings. The Balaban J connectivity index is 0.00000338. The highest BCUT2D eigenvalue weighted by atomic mass is 127. The van der Waals surface area contributed by atoms with Crippen molar-refractivity contribution in [2.45, 2.75) is 26.8 Å². The lowest BCUT2D eigenvalue weighted by atomic mass is 10.1. The first kappa shape index (κ1) is 22.0. The van der Waals surface area contributed by atoms with Crippen molar-refractivity contribution in [3.63, 3.8) is 0 Å². The maximum absolute atomic E-state index is 11.9. The highest BCUT2D eigenvalue weighted by molar-refractivity contribution is 14.0. The van der Waals surface area contributed by atoms with Crippen LogP contribution in [0, 0.1) is 13.8 Å². The molecule has 0 bridgehead atoms. The van der Waals surface area contributed by atoms with E-state index < -0.39 is 0 Å². The molecule has 0 spiro atoms. The van der Waals surface area contributed by atoms with E-state index in [4.69, 9.17) is 4.42 Å². The van der Waals surface area contributed by atoms with E-state index in [0.29, 0.717) is 18.8 Å². The minimum Gasteiger partial charge on any atom is -0.459 e. The van der Waals surface area contributed by atoms with Crippen LogP contribution in [-0.2, 0) is 6.54 Å². The van der Waals surface area contributed by atoms with E-state index in [0.717, 1.165) is 24.5 Å². The first-order valence-corrected chi connectivity index (χ1v) is 8.43. The van der Waals surface area contributed by atoms with Crippen LogP contribution >= 0.6 is 24.0 Å². The number of carbonyl (C=O) groups excluding carboxylic acids is 1. The Morgan fingerprint density at radius 2 is 1.77 bits per heavy atom. The molecule has 1 aromatic heterocycles. The Morgan fingerprint density at radius 3 is 2.42 bits per heavy atom. The molecule has 26 heavy (non-hydrogen) atoms. The van der Waals surface area contributed by atoms with E-state index in [1.165, 1.54) is 17.4 Å². The van der Waals surface area contributed by atoms with Crippen LogP contribution in [0.1, 0.15) is 33.7 Å². The van der Waals surface area contributed by atoms with Gasteiger partial charge >= 0.3 is 0 Å². The zero-order valence-electron chi connectivity index (χ0n) is 15.5. The Morgan fingerprint density at radius 1 is 1.04 bits per heavy atom. The van der Waals surface area contributed by atoms with Gasteiger partial charge in [-0.2, -0.15) is 0 Å². The third-order valence-corrected chi connectivity index (χ3v) is 3.93. The molecule has 2 rings (SSSR count). The SMILES string of the molecule is CN=C(NCCCNC(=O)c1occc1C)NCc1ccccc1C.I. The van der Waals surface area contributed by atoms with E-state index in [1.54, 1.807) is 13.1 Å². The van der Waals surface area contributed by atoms with E-state index in [-0.39, 0.29) is 29.9 Å². The van der Waals surface area contributed by atoms with Gasteiger partial charge in [0, 0.05) is 32.2 Å². The smallest absolute Gasteiger partial charge is 0.287 e. The summed E-state index contributed by atoms with van der Waals surface area (Å²) in [7, 11) is 1.74. The Bertz CT molecular complexity index is 728. The number of benzene rings is 1. The van der Waals surface area contributed by atoms with Crippen molar-refractivity contribution in [1.82, 2.24) is 16.0 Å². The maximum atomic E-state index is 11.9. The number of carbonyl (C=O) groups is 1. The fraction of sp³-hybridized carbons (Fsp3) is 0.368. The summed E-state index contributed by atoms with van der Waals surface area (Å²) in [6.07, 6.45) is 2.31. The summed E-state index contributed by atoms with van der Waals surface area (Å²) in [6.45, 7) is 5.95. The van der Waals surface area contributed by atoms with Crippen LogP contribution in [0.4, 0.5) is 0 Å². The van der Waals surface area contributed by atoms with E-state index >= 15 is 0 Å². The van der Waals surface area contributed by atoms with E-state index in [9.17, 15) is 4.79 Å². The normalized spacial score (nSPS) is 10.8. The Kier molecular flexibility index (Phi) is 9.79. The number of aryl methyl sites for hydroxylation is 2. The first-order chi connectivity index (χ1) is 12.1. The summed E-state index contributed by atoms with van der Waals surface area (Å²) < 4.78 is 5.17. The van der Waals surface area contributed by atoms with E-state index in [1.807, 2.05) is 19.1 Å². The van der Waals surface area contributed by atoms with Crippen molar-refractivity contribution < 1.29 is 9.21 Å². The van der Waals surface area contributed by atoms with Crippen LogP contribution in [0.25, 0.3) is 0 Å². The maximum Gasteiger partial charge on any atom is 0.287 e. The van der Waals surface area contributed by atoms with Crippen molar-refractivity contribution in [3.05, 3.63) is 59.0 Å². The summed E-state index contributed by atoms with van der Waals surface area (Å²) in [5.74, 6) is 0.949. The molecule has 1 heterocycles. The number of halogens is 1. The summed E-state index contributed by atoms with van der Waals surface area (Å²) >= 11 is 0. The number of hydrogen-bond donors (Lipinski definition) is 3. The molecule has 0 aliphatic rings. The predicted octanol–water partition coefficient (Wildman–Crippen LogP) is 3.00. The third-order valence-electron chi connectivity index (χ3n) is 3.93. The third kappa shape index (κ3) is 6.70. The second-order valence-corrected chi connectivity index (χ2v) is 5.82. The number of furan rings is 1. The summed E-state index contributed by atoms with van der Waals surface area (Å²) in [4.78, 5) is 16.1. The predicted molar refractivity (Wildman–Crippen MR) is 115 cm³/mol. The number of guanidine groups is 1. The molecule has 0 aliphatic heterocycles. The van der Waals surface area contributed by atoms with Crippen molar-refractivity contribution in [2.75, 3.05) is 20.1 Å². The van der Waals surface area contributed by atoms with Gasteiger partial charge in [0.1, 0.15) is 0 Å². The minimum absolute atomic E-state index is 0. The molecule has 0 saturated carbocycles. The van der Waals surface area contributed by atoms with Gasteiger partial charge in [0.2, 0.25) is 0 Å². The summed E-state index contributed by atoms with van der Waals surface area (Å²) in [5.41, 5.74) is 3.34. The average Bonchev–Trinajstić information content (AvgIpc) is 3.04. The van der Waals surface area contributed by atoms with Gasteiger partial charge in [-0.05, 0) is 37.5 Å². The van der Waals surface area contributed by atoms with Gasteiger partial charge in [-0.1, -0.05) is 24.3 Å². The second-order valence-electron chi connectivity index (χ2n) is 5.82. The van der Waals surface area contributed by atoms with Crippen LogP contribution in [0.15, 0.2) is 46.0 Å². The lowest BCUT2D eigenvalue weighted by Crippen LogP contribution is -2.38. The molecule has 0 unspecified atom stereocenters. The molecule has 142 valence electrons. The Hall–Kier alpha value is -2.03. The van der Waals surface area contributed by atoms with Gasteiger partial charge in [-0.15, -0.1) is 24.0 Å². The lowest BCUT2D eigenvalue weighted by molar-refractivity contribution is 0.0925. The fourth-order valence-corrected chi connectivity index (χ4v) is 2.39. The van der Waals surface area contributed by atoms with Crippen molar-refractivity contribution in [2.24, 2.45) is 4.99 Å². The zero-order valence-corrected chi connectivity index (χ0v) is 17.8. The van der Waals surface area contributed by atoms with Gasteiger partial charge in [-0.25, -0.2) is 0 Å². The molecule has 7 heteroatoms. The van der Waals surface area contributed by atoms with Crippen LogP contribution in [0.5, 0.6) is 0 Å². The first-order valence-electron chi connectivity index (χ1n) is 8.43. The summed E-state index contributed by atoms with van der Waals surface area (Å²) in [6, 6.07) is 10.0. The minimum atomic E-state index is -0.176. The molecule has 2 aromatic rings. The molecular weight excluding hydrogens is 443 g/mol. The van der Waals surface area contributed by atoms with Gasteiger partial charge in [0.05, 0.1) is 6.26 Å². The number of nitrogens with one attached hydrogen (secondary N) is 3. The van der Waals surface area contributed by atoms with Crippen LogP contribution in [0.3, 0.4) is 0 Å². The second kappa shape index (κ2) is 11.6. The van der Waals surface area contributed by atoms with Crippen LogP contribution < -0.4 is 16.0 Å². The molecule has 0 aliphatic carbocycles. The fourth-order valence-electron chi connectivity index (χ4n) is 2.39. The van der Waals surface area contributed by atoms with Crippen molar-refractivity contribution in [3.8, 4) is 0 Å². The molecule has 1 amide bonds. The number of amides is 1. The molecule has 0 atom stereocenters. The van der Waals surface area contributed by atoms with Crippen molar-refractivity contribution in [1.29, 1.82) is 0 Å². The Labute approximate surface area is 171 Å². The lowest BCUT2D eigenvalue weighted by Gasteiger charge is -2.13. The van der Waals surface area contributed by atoms with Crippen molar-refractivity contribution >= 4 is 35.8 Å². The largest absolute Gasteiger partial charge is 0.459 e. The van der Waals surface area contributed by atoms with E-state index in [2.05, 4.69) is 40.0 Å². The van der Waals surface area contributed by atoms with Gasteiger partial charge < -0.3 is 20.4 Å². The van der Waals surface area contributed by atoms with Gasteiger partial charge in [0.15, 0.2) is 11.7 Å². The molecule has 0 saturated heterocycles. The highest BCUT2D eigenvalue weighted by Gasteiger charge is 2.11. The van der Waals surface area contributed by atoms with Crippen LogP contribution in [0.2, 0.25) is 0 Å². The molecule has 6 nitrogen and oxygen atoms in total. The topological polar surface area (TPSA) is 78.7 Å². The summed E-state index contributed by atoms with van der Waals surface area (Å²) in [5, 5.41) is 9.39. The van der Waals surface area contributed by atoms with Gasteiger partial charge in [-0.3, -0.25) is 9.79 Å². The number of rotatable bonds is 7. The highest BCUT2D eigenvalue weighted by Crippen LogP contribution is 2.08. The standard InChI is InChI=1S/C19H26N4O2.HI/c1-14-7-4-5-8-16(14)13-23-19(20-3)22-11-6-10-21-18(24)17-15(2)9-12-25-17;/h4-5,7-9,12H,6,10-11,13H2,1-3H3,(H,21,24)(H2,20,22,23);1H. The van der Waals surface area contributed by atoms with Gasteiger partial charge in [0.25, 0.3) is 5.91 Å². The zero-order chi connectivity index (χ0) is 18.1. The molecule has 0 radical (unpaired) electrons. The number of nitrogens with zero attached hydrogens (tertiary/aromatic N) is 1. The number of hydrogen-bond acceptors (Lipinski definition) is 3.